The molecule has 2 nitrogen and oxygen atoms in total. The molecule has 2 aromatic carbocycles. The Bertz CT molecular complexity index is 746. The molecule has 0 radical (unpaired) electrons. The number of thiol groups is 1. The van der Waals surface area contributed by atoms with Crippen molar-refractivity contribution in [3.63, 3.8) is 0 Å². The van der Waals surface area contributed by atoms with Crippen LogP contribution in [0.2, 0.25) is 0 Å². The maximum absolute atomic E-state index is 13.0. The standard InChI is InChI=1S/C18H18F3NOS/c19-18(20,21)15-8-12(6-13(9-15)10-23)5-11-1-3-16-14(7-11)2-4-17(16)22-24/h1,3,6-9,17,22-24H,2,4-5,10H2. The molecule has 1 aliphatic rings. The van der Waals surface area contributed by atoms with Gasteiger partial charge in [0.2, 0.25) is 0 Å². The molecule has 3 rings (SSSR count). The zero-order valence-corrected chi connectivity index (χ0v) is 13.8. The second-order valence-corrected chi connectivity index (χ2v) is 6.38. The Morgan fingerprint density at radius 2 is 1.83 bits per heavy atom. The lowest BCUT2D eigenvalue weighted by Crippen LogP contribution is -2.08. The summed E-state index contributed by atoms with van der Waals surface area (Å²) < 4.78 is 41.9. The number of hydrogen-bond donors (Lipinski definition) is 3. The molecule has 1 aliphatic carbocycles. The zero-order valence-electron chi connectivity index (χ0n) is 12.9. The Balaban J connectivity index is 1.89. The molecule has 0 saturated heterocycles. The SMILES string of the molecule is OCc1cc(Cc2ccc3c(c2)CCC3NS)cc(C(F)(F)F)c1. The van der Waals surface area contributed by atoms with Crippen LogP contribution in [-0.4, -0.2) is 5.11 Å². The molecule has 0 bridgehead atoms. The average molecular weight is 353 g/mol. The van der Waals surface area contributed by atoms with Crippen molar-refractivity contribution in [3.8, 4) is 0 Å². The lowest BCUT2D eigenvalue weighted by atomic mass is 9.97. The van der Waals surface area contributed by atoms with Crippen molar-refractivity contribution in [1.29, 1.82) is 0 Å². The minimum Gasteiger partial charge on any atom is -0.392 e. The van der Waals surface area contributed by atoms with Gasteiger partial charge in [0.25, 0.3) is 0 Å². The number of nitrogens with one attached hydrogen (secondary N) is 1. The van der Waals surface area contributed by atoms with Crippen LogP contribution < -0.4 is 4.72 Å². The Morgan fingerprint density at radius 3 is 2.50 bits per heavy atom. The van der Waals surface area contributed by atoms with E-state index in [-0.39, 0.29) is 11.6 Å². The molecule has 1 atom stereocenters. The van der Waals surface area contributed by atoms with Gasteiger partial charge in [0.05, 0.1) is 12.2 Å². The second kappa shape index (κ2) is 6.78. The highest BCUT2D eigenvalue weighted by atomic mass is 32.1. The molecule has 128 valence electrons. The molecular formula is C18H18F3NOS. The number of benzene rings is 2. The van der Waals surface area contributed by atoms with Crippen LogP contribution in [0, 0.1) is 0 Å². The monoisotopic (exact) mass is 353 g/mol. The molecule has 6 heteroatoms. The highest BCUT2D eigenvalue weighted by Crippen LogP contribution is 2.34. The van der Waals surface area contributed by atoms with Crippen molar-refractivity contribution in [2.24, 2.45) is 0 Å². The quantitative estimate of drug-likeness (QED) is 0.720. The van der Waals surface area contributed by atoms with E-state index >= 15 is 0 Å². The highest BCUT2D eigenvalue weighted by molar-refractivity contribution is 7.78. The first-order valence-corrected chi connectivity index (χ1v) is 8.17. The first kappa shape index (κ1) is 17.3. The zero-order chi connectivity index (χ0) is 17.3. The fourth-order valence-electron chi connectivity index (χ4n) is 3.27. The Labute approximate surface area is 144 Å². The van der Waals surface area contributed by atoms with Crippen LogP contribution in [0.1, 0.15) is 45.8 Å². The molecule has 0 saturated carbocycles. The first-order chi connectivity index (χ1) is 11.4. The topological polar surface area (TPSA) is 32.3 Å². The van der Waals surface area contributed by atoms with Gasteiger partial charge in [0, 0.05) is 6.04 Å². The normalized spacial score (nSPS) is 17.1. The summed E-state index contributed by atoms with van der Waals surface area (Å²) in [5.41, 5.74) is 3.50. The van der Waals surface area contributed by atoms with Crippen molar-refractivity contribution >= 4 is 12.8 Å². The number of aryl methyl sites for hydroxylation is 1. The Hall–Kier alpha value is -1.50. The summed E-state index contributed by atoms with van der Waals surface area (Å²) in [7, 11) is 0. The van der Waals surface area contributed by atoms with Crippen LogP contribution in [0.15, 0.2) is 36.4 Å². The number of halogens is 3. The summed E-state index contributed by atoms with van der Waals surface area (Å²) in [6, 6.07) is 10.0. The predicted molar refractivity (Wildman–Crippen MR) is 89.8 cm³/mol. The molecule has 0 aliphatic heterocycles. The lowest BCUT2D eigenvalue weighted by Gasteiger charge is -2.13. The number of hydrogen-bond acceptors (Lipinski definition) is 3. The number of rotatable bonds is 4. The van der Waals surface area contributed by atoms with E-state index in [2.05, 4.69) is 23.6 Å². The van der Waals surface area contributed by atoms with E-state index in [0.29, 0.717) is 12.0 Å². The largest absolute Gasteiger partial charge is 0.416 e. The van der Waals surface area contributed by atoms with Gasteiger partial charge < -0.3 is 5.11 Å². The minimum atomic E-state index is -4.41. The van der Waals surface area contributed by atoms with E-state index in [1.807, 2.05) is 12.1 Å². The van der Waals surface area contributed by atoms with Gasteiger partial charge in [-0.05, 0) is 59.2 Å². The van der Waals surface area contributed by atoms with Gasteiger partial charge in [-0.3, -0.25) is 4.72 Å². The molecule has 2 aromatic rings. The Kier molecular flexibility index (Phi) is 4.90. The van der Waals surface area contributed by atoms with E-state index in [1.165, 1.54) is 11.1 Å². The second-order valence-electron chi connectivity index (χ2n) is 6.12. The smallest absolute Gasteiger partial charge is 0.392 e. The van der Waals surface area contributed by atoms with E-state index in [9.17, 15) is 18.3 Å². The van der Waals surface area contributed by atoms with Crippen LogP contribution in [0.3, 0.4) is 0 Å². The van der Waals surface area contributed by atoms with Crippen molar-refractivity contribution in [2.75, 3.05) is 0 Å². The van der Waals surface area contributed by atoms with E-state index in [4.69, 9.17) is 0 Å². The fourth-order valence-corrected chi connectivity index (χ4v) is 3.54. The molecule has 0 heterocycles. The first-order valence-electron chi connectivity index (χ1n) is 7.73. The summed E-state index contributed by atoms with van der Waals surface area (Å²) in [6.45, 7) is -0.406. The van der Waals surface area contributed by atoms with Gasteiger partial charge in [-0.15, -0.1) is 0 Å². The van der Waals surface area contributed by atoms with Crippen molar-refractivity contribution in [2.45, 2.75) is 38.1 Å². The number of alkyl halides is 3. The predicted octanol–water partition coefficient (Wildman–Crippen LogP) is 4.21. The van der Waals surface area contributed by atoms with Crippen LogP contribution in [0.25, 0.3) is 0 Å². The molecule has 1 unspecified atom stereocenters. The van der Waals surface area contributed by atoms with Crippen molar-refractivity contribution in [1.82, 2.24) is 4.72 Å². The molecule has 24 heavy (non-hydrogen) atoms. The van der Waals surface area contributed by atoms with Gasteiger partial charge in [-0.1, -0.05) is 37.1 Å². The van der Waals surface area contributed by atoms with Crippen LogP contribution in [0.5, 0.6) is 0 Å². The average Bonchev–Trinajstić information content (AvgIpc) is 2.96. The summed E-state index contributed by atoms with van der Waals surface area (Å²) in [5, 5.41) is 9.22. The molecule has 0 fully saturated rings. The minimum absolute atomic E-state index is 0.229. The van der Waals surface area contributed by atoms with E-state index < -0.39 is 18.3 Å². The van der Waals surface area contributed by atoms with Crippen LogP contribution in [-0.2, 0) is 25.6 Å². The third-order valence-electron chi connectivity index (χ3n) is 4.41. The third-order valence-corrected chi connectivity index (χ3v) is 4.72. The van der Waals surface area contributed by atoms with Gasteiger partial charge in [0.1, 0.15) is 0 Å². The van der Waals surface area contributed by atoms with E-state index in [0.717, 1.165) is 30.5 Å². The third kappa shape index (κ3) is 3.61. The maximum Gasteiger partial charge on any atom is 0.416 e. The van der Waals surface area contributed by atoms with Crippen LogP contribution >= 0.6 is 12.8 Å². The number of aliphatic hydroxyl groups excluding tert-OH is 1. The highest BCUT2D eigenvalue weighted by Gasteiger charge is 2.31. The van der Waals surface area contributed by atoms with Crippen molar-refractivity contribution in [3.05, 3.63) is 69.8 Å². The van der Waals surface area contributed by atoms with Crippen LogP contribution in [0.4, 0.5) is 13.2 Å². The summed E-state index contributed by atoms with van der Waals surface area (Å²) >= 11 is 4.13. The van der Waals surface area contributed by atoms with Gasteiger partial charge in [-0.2, -0.15) is 13.2 Å². The Morgan fingerprint density at radius 1 is 1.08 bits per heavy atom. The molecule has 0 amide bonds. The van der Waals surface area contributed by atoms with Gasteiger partial charge in [0.15, 0.2) is 0 Å². The molecular weight excluding hydrogens is 335 g/mol. The van der Waals surface area contributed by atoms with Gasteiger partial charge >= 0.3 is 6.18 Å². The number of fused-ring (bicyclic) bond motifs is 1. The van der Waals surface area contributed by atoms with Crippen molar-refractivity contribution < 1.29 is 18.3 Å². The molecule has 0 spiro atoms. The number of aliphatic hydroxyl groups is 1. The fraction of sp³-hybridized carbons (Fsp3) is 0.333. The summed E-state index contributed by atoms with van der Waals surface area (Å²) in [4.78, 5) is 0. The molecule has 2 N–H and O–H groups in total. The summed E-state index contributed by atoms with van der Waals surface area (Å²) in [5.74, 6) is 0. The van der Waals surface area contributed by atoms with E-state index in [1.54, 1.807) is 6.07 Å². The lowest BCUT2D eigenvalue weighted by molar-refractivity contribution is -0.137. The molecule has 0 aromatic heterocycles. The van der Waals surface area contributed by atoms with Gasteiger partial charge in [-0.25, -0.2) is 0 Å². The summed E-state index contributed by atoms with van der Waals surface area (Å²) in [6.07, 6.45) is -2.10. The maximum atomic E-state index is 13.0.